The third kappa shape index (κ3) is 4.99. The van der Waals surface area contributed by atoms with E-state index in [1.165, 1.54) is 6.33 Å². The van der Waals surface area contributed by atoms with Crippen LogP contribution >= 0.6 is 11.8 Å². The number of imidazole rings is 1. The first-order chi connectivity index (χ1) is 20.0. The van der Waals surface area contributed by atoms with Gasteiger partial charge in [-0.1, -0.05) is 54.6 Å². The lowest BCUT2D eigenvalue weighted by atomic mass is 9.84. The lowest BCUT2D eigenvalue weighted by molar-refractivity contribution is -0.00380. The number of benzene rings is 3. The second kappa shape index (κ2) is 11.4. The van der Waals surface area contributed by atoms with Gasteiger partial charge in [0.05, 0.1) is 43.8 Å². The number of aliphatic hydroxyl groups is 1. The van der Waals surface area contributed by atoms with E-state index in [-0.39, 0.29) is 11.1 Å². The predicted octanol–water partition coefficient (Wildman–Crippen LogP) is 4.51. The Kier molecular flexibility index (Phi) is 7.53. The van der Waals surface area contributed by atoms with Crippen molar-refractivity contribution in [1.29, 1.82) is 0 Å². The molecule has 1 fully saturated rings. The molecular formula is C31H30N4O5S. The highest BCUT2D eigenvalue weighted by Crippen LogP contribution is 2.50. The predicted molar refractivity (Wildman–Crippen MR) is 157 cm³/mol. The number of aliphatic hydroxyl groups excluding tert-OH is 1. The molecule has 0 aliphatic carbocycles. The van der Waals surface area contributed by atoms with Crippen LogP contribution in [0.1, 0.15) is 29.3 Å². The minimum absolute atomic E-state index is 0.241. The van der Waals surface area contributed by atoms with E-state index < -0.39 is 23.2 Å². The molecule has 9 nitrogen and oxygen atoms in total. The van der Waals surface area contributed by atoms with Gasteiger partial charge in [0.15, 0.2) is 11.2 Å². The first kappa shape index (κ1) is 27.1. The number of H-pyrrole nitrogens is 1. The topological polar surface area (TPSA) is 111 Å². The van der Waals surface area contributed by atoms with Crippen molar-refractivity contribution in [3.63, 3.8) is 0 Å². The number of ether oxygens (including phenoxy) is 3. The number of thioether (sulfide) groups is 1. The van der Waals surface area contributed by atoms with Gasteiger partial charge in [-0.3, -0.25) is 9.36 Å². The van der Waals surface area contributed by atoms with E-state index >= 15 is 0 Å². The number of hydrogen-bond acceptors (Lipinski definition) is 8. The molecule has 0 saturated carbocycles. The number of hydrogen-bond donors (Lipinski definition) is 2. The molecule has 1 aliphatic heterocycles. The molecule has 0 unspecified atom stereocenters. The van der Waals surface area contributed by atoms with Crippen molar-refractivity contribution >= 4 is 22.9 Å². The Morgan fingerprint density at radius 3 is 2.17 bits per heavy atom. The van der Waals surface area contributed by atoms with E-state index in [9.17, 15) is 9.90 Å². The number of aromatic nitrogens is 4. The van der Waals surface area contributed by atoms with Crippen LogP contribution in [0.3, 0.4) is 0 Å². The summed E-state index contributed by atoms with van der Waals surface area (Å²) >= 11 is 1.70. The summed E-state index contributed by atoms with van der Waals surface area (Å²) < 4.78 is 18.4. The van der Waals surface area contributed by atoms with Crippen LogP contribution < -0.4 is 15.0 Å². The summed E-state index contributed by atoms with van der Waals surface area (Å²) in [5, 5.41) is 11.1. The Bertz CT molecular complexity index is 1620. The zero-order chi connectivity index (χ0) is 28.4. The van der Waals surface area contributed by atoms with Gasteiger partial charge < -0.3 is 24.3 Å². The first-order valence-electron chi connectivity index (χ1n) is 13.3. The molecule has 1 aliphatic rings. The number of aromatic amines is 1. The van der Waals surface area contributed by atoms with Gasteiger partial charge in [0.1, 0.15) is 17.7 Å². The minimum atomic E-state index is -0.716. The largest absolute Gasteiger partial charge is 0.497 e. The molecule has 10 heteroatoms. The quantitative estimate of drug-likeness (QED) is 0.249. The summed E-state index contributed by atoms with van der Waals surface area (Å²) in [4.78, 5) is 23.2. The monoisotopic (exact) mass is 570 g/mol. The van der Waals surface area contributed by atoms with Gasteiger partial charge in [0.2, 0.25) is 0 Å². The third-order valence-corrected chi connectivity index (χ3v) is 9.15. The summed E-state index contributed by atoms with van der Waals surface area (Å²) in [6.07, 6.45) is 1.57. The lowest BCUT2D eigenvalue weighted by Gasteiger charge is -2.36. The summed E-state index contributed by atoms with van der Waals surface area (Å²) in [6, 6.07) is 26.5. The van der Waals surface area contributed by atoms with Crippen LogP contribution in [0.15, 0.2) is 96.3 Å². The van der Waals surface area contributed by atoms with Crippen LogP contribution in [0.25, 0.3) is 11.2 Å². The van der Waals surface area contributed by atoms with Gasteiger partial charge in [-0.05, 0) is 41.0 Å². The van der Waals surface area contributed by atoms with Crippen molar-refractivity contribution in [3.8, 4) is 11.5 Å². The van der Waals surface area contributed by atoms with Crippen LogP contribution in [0.5, 0.6) is 11.5 Å². The third-order valence-electron chi connectivity index (χ3n) is 7.52. The number of nitrogens with one attached hydrogen (secondary N) is 1. The molecule has 0 bridgehead atoms. The standard InChI is InChI=1S/C31H30N4O5S/c1-38-23-12-8-21(9-13-23)31(20-6-4-3-5-7-20,22-10-14-24(39-2)15-11-22)41-17-26-25(36)16-27(40-26)35-19-34-28-29(35)32-18-33-30(28)37/h3-15,18-19,25-27,36H,16-17H2,1-2H3,(H,32,33,37)/t25-,26+,27+/m0/s1. The van der Waals surface area contributed by atoms with E-state index in [1.54, 1.807) is 36.9 Å². The number of methoxy groups -OCH3 is 2. The molecular weight excluding hydrogens is 540 g/mol. The zero-order valence-electron chi connectivity index (χ0n) is 22.6. The van der Waals surface area contributed by atoms with Crippen LogP contribution in [0.4, 0.5) is 0 Å². The number of rotatable bonds is 9. The molecule has 210 valence electrons. The van der Waals surface area contributed by atoms with Crippen molar-refractivity contribution in [1.82, 2.24) is 19.5 Å². The molecule has 0 spiro atoms. The summed E-state index contributed by atoms with van der Waals surface area (Å²) in [6.45, 7) is 0. The Morgan fingerprint density at radius 2 is 1.56 bits per heavy atom. The maximum Gasteiger partial charge on any atom is 0.278 e. The van der Waals surface area contributed by atoms with Crippen molar-refractivity contribution in [3.05, 3.63) is 119 Å². The molecule has 5 aromatic rings. The molecule has 6 rings (SSSR count). The minimum Gasteiger partial charge on any atom is -0.497 e. The van der Waals surface area contributed by atoms with Gasteiger partial charge >= 0.3 is 0 Å². The Hall–Kier alpha value is -4.12. The fourth-order valence-electron chi connectivity index (χ4n) is 5.39. The normalized spacial score (nSPS) is 19.0. The molecule has 3 heterocycles. The number of nitrogens with zero attached hydrogens (tertiary/aromatic N) is 3. The van der Waals surface area contributed by atoms with Crippen LogP contribution in [-0.4, -0.2) is 56.8 Å². The molecule has 2 N–H and O–H groups in total. The Morgan fingerprint density at radius 1 is 0.951 bits per heavy atom. The molecule has 0 amide bonds. The highest BCUT2D eigenvalue weighted by atomic mass is 32.2. The lowest BCUT2D eigenvalue weighted by Crippen LogP contribution is -2.31. The molecule has 1 saturated heterocycles. The zero-order valence-corrected chi connectivity index (χ0v) is 23.5. The van der Waals surface area contributed by atoms with E-state index in [0.29, 0.717) is 17.8 Å². The first-order valence-corrected chi connectivity index (χ1v) is 14.2. The van der Waals surface area contributed by atoms with Crippen LogP contribution in [0.2, 0.25) is 0 Å². The average Bonchev–Trinajstić information content (AvgIpc) is 3.62. The second-order valence-electron chi connectivity index (χ2n) is 9.80. The van der Waals surface area contributed by atoms with Gasteiger partial charge in [-0.25, -0.2) is 9.97 Å². The maximum atomic E-state index is 12.2. The number of fused-ring (bicyclic) bond motifs is 1. The molecule has 0 radical (unpaired) electrons. The summed E-state index contributed by atoms with van der Waals surface area (Å²) in [5.74, 6) is 2.03. The maximum absolute atomic E-state index is 12.2. The molecule has 3 atom stereocenters. The van der Waals surface area contributed by atoms with Gasteiger partial charge in [0, 0.05) is 12.2 Å². The fraction of sp³-hybridized carbons (Fsp3) is 0.258. The Balaban J connectivity index is 1.37. The molecule has 41 heavy (non-hydrogen) atoms. The van der Waals surface area contributed by atoms with E-state index in [1.807, 2.05) is 42.5 Å². The SMILES string of the molecule is COc1ccc(C(SC[C@H]2O[C@@H](n3cnc4c(=O)[nH]cnc43)C[C@@H]2O)(c2ccccc2)c2ccc(OC)cc2)cc1. The molecule has 2 aromatic heterocycles. The van der Waals surface area contributed by atoms with Gasteiger partial charge in [-0.2, -0.15) is 0 Å². The van der Waals surface area contributed by atoms with Crippen molar-refractivity contribution in [2.45, 2.75) is 29.6 Å². The summed E-state index contributed by atoms with van der Waals surface area (Å²) in [5.41, 5.74) is 3.57. The Labute approximate surface area is 241 Å². The smallest absolute Gasteiger partial charge is 0.278 e. The van der Waals surface area contributed by atoms with Crippen molar-refractivity contribution < 1.29 is 19.3 Å². The van der Waals surface area contributed by atoms with Crippen LogP contribution in [-0.2, 0) is 9.48 Å². The highest BCUT2D eigenvalue weighted by Gasteiger charge is 2.42. The fourth-order valence-corrected chi connectivity index (χ4v) is 7.01. The van der Waals surface area contributed by atoms with E-state index in [4.69, 9.17) is 14.2 Å². The van der Waals surface area contributed by atoms with Crippen molar-refractivity contribution in [2.24, 2.45) is 0 Å². The van der Waals surface area contributed by atoms with Gasteiger partial charge in [0.25, 0.3) is 5.56 Å². The highest BCUT2D eigenvalue weighted by molar-refractivity contribution is 8.00. The van der Waals surface area contributed by atoms with E-state index in [0.717, 1.165) is 28.2 Å². The molecule has 3 aromatic carbocycles. The van der Waals surface area contributed by atoms with Crippen molar-refractivity contribution in [2.75, 3.05) is 20.0 Å². The second-order valence-corrected chi connectivity index (χ2v) is 11.0. The van der Waals surface area contributed by atoms with E-state index in [2.05, 4.69) is 51.4 Å². The summed E-state index contributed by atoms with van der Waals surface area (Å²) in [7, 11) is 3.31. The van der Waals surface area contributed by atoms with Gasteiger partial charge in [-0.15, -0.1) is 11.8 Å². The average molecular weight is 571 g/mol. The van der Waals surface area contributed by atoms with Crippen LogP contribution in [0, 0.1) is 0 Å².